The van der Waals surface area contributed by atoms with E-state index in [1.54, 1.807) is 18.2 Å². The normalized spacial score (nSPS) is 10.5. The van der Waals surface area contributed by atoms with E-state index in [9.17, 15) is 4.79 Å². The van der Waals surface area contributed by atoms with Crippen LogP contribution in [0.3, 0.4) is 0 Å². The highest BCUT2D eigenvalue weighted by Crippen LogP contribution is 2.28. The number of nitrogens with two attached hydrogens (primary N) is 1. The first-order valence-corrected chi connectivity index (χ1v) is 10.5. The van der Waals surface area contributed by atoms with Crippen molar-refractivity contribution in [2.24, 2.45) is 0 Å². The van der Waals surface area contributed by atoms with Crippen molar-refractivity contribution in [2.45, 2.75) is 12.7 Å². The molecular formula is C20H21ClN6O2S. The lowest BCUT2D eigenvalue weighted by atomic mass is 10.2. The summed E-state index contributed by atoms with van der Waals surface area (Å²) in [6.45, 7) is 1.98. The minimum Gasteiger partial charge on any atom is -0.495 e. The zero-order chi connectivity index (χ0) is 21.5. The van der Waals surface area contributed by atoms with E-state index in [0.717, 1.165) is 11.3 Å². The lowest BCUT2D eigenvalue weighted by Gasteiger charge is -2.11. The van der Waals surface area contributed by atoms with Gasteiger partial charge in [-0.05, 0) is 36.8 Å². The number of nitrogens with zero attached hydrogens (tertiary/aromatic N) is 3. The third-order valence-corrected chi connectivity index (χ3v) is 5.15. The highest BCUT2D eigenvalue weighted by molar-refractivity contribution is 7.99. The fourth-order valence-corrected chi connectivity index (χ4v) is 3.43. The molecule has 1 amide bonds. The van der Waals surface area contributed by atoms with Crippen molar-refractivity contribution in [2.75, 3.05) is 29.2 Å². The molecule has 2 aromatic carbocycles. The fourth-order valence-electron chi connectivity index (χ4n) is 2.59. The van der Waals surface area contributed by atoms with Crippen LogP contribution in [0.25, 0.3) is 0 Å². The Kier molecular flexibility index (Phi) is 7.31. The van der Waals surface area contributed by atoms with Crippen LogP contribution in [0.1, 0.15) is 11.4 Å². The standard InChI is InChI=1S/C20H21ClN6O2S/c1-12-5-3-4-6-14(12)24-20-26-17(25-19(22)27-20)10-30-11-18(28)23-15-9-13(21)7-8-16(15)29-2/h3-9H,10-11H2,1-2H3,(H,23,28)(H3,22,24,25,26,27). The number of benzene rings is 2. The number of hydrogen-bond acceptors (Lipinski definition) is 8. The molecule has 0 radical (unpaired) electrons. The van der Waals surface area contributed by atoms with Crippen LogP contribution in [0.15, 0.2) is 42.5 Å². The molecule has 4 N–H and O–H groups in total. The molecule has 156 valence electrons. The van der Waals surface area contributed by atoms with Crippen molar-refractivity contribution in [3.8, 4) is 5.75 Å². The summed E-state index contributed by atoms with van der Waals surface area (Å²) in [6, 6.07) is 12.8. The highest BCUT2D eigenvalue weighted by atomic mass is 35.5. The topological polar surface area (TPSA) is 115 Å². The van der Waals surface area contributed by atoms with E-state index in [1.165, 1.54) is 18.9 Å². The van der Waals surface area contributed by atoms with Gasteiger partial charge >= 0.3 is 0 Å². The number of thioether (sulfide) groups is 1. The monoisotopic (exact) mass is 444 g/mol. The molecule has 0 saturated carbocycles. The summed E-state index contributed by atoms with van der Waals surface area (Å²) in [4.78, 5) is 24.9. The Morgan fingerprint density at radius 1 is 1.17 bits per heavy atom. The van der Waals surface area contributed by atoms with Crippen LogP contribution in [0.4, 0.5) is 23.3 Å². The van der Waals surface area contributed by atoms with E-state index in [1.807, 2.05) is 31.2 Å². The molecule has 0 aliphatic heterocycles. The molecule has 0 saturated heterocycles. The van der Waals surface area contributed by atoms with Gasteiger partial charge in [-0.15, -0.1) is 11.8 Å². The van der Waals surface area contributed by atoms with Crippen LogP contribution >= 0.6 is 23.4 Å². The van der Waals surface area contributed by atoms with Gasteiger partial charge in [0.25, 0.3) is 0 Å². The van der Waals surface area contributed by atoms with Crippen LogP contribution in [0, 0.1) is 6.92 Å². The van der Waals surface area contributed by atoms with Crippen molar-refractivity contribution >= 4 is 52.5 Å². The van der Waals surface area contributed by atoms with Gasteiger partial charge in [-0.3, -0.25) is 4.79 Å². The number of methoxy groups -OCH3 is 1. The third-order valence-electron chi connectivity index (χ3n) is 3.99. The fraction of sp³-hybridized carbons (Fsp3) is 0.200. The predicted octanol–water partition coefficient (Wildman–Crippen LogP) is 4.04. The lowest BCUT2D eigenvalue weighted by molar-refractivity contribution is -0.113. The van der Waals surface area contributed by atoms with Gasteiger partial charge in [0.2, 0.25) is 17.8 Å². The molecule has 3 rings (SSSR count). The lowest BCUT2D eigenvalue weighted by Crippen LogP contribution is -2.15. The van der Waals surface area contributed by atoms with E-state index in [2.05, 4.69) is 25.6 Å². The van der Waals surface area contributed by atoms with Gasteiger partial charge in [-0.1, -0.05) is 29.8 Å². The quantitative estimate of drug-likeness (QED) is 0.476. The molecule has 0 aliphatic carbocycles. The van der Waals surface area contributed by atoms with Gasteiger partial charge in [0.05, 0.1) is 24.3 Å². The van der Waals surface area contributed by atoms with Crippen molar-refractivity contribution in [3.05, 3.63) is 58.9 Å². The van der Waals surface area contributed by atoms with Crippen molar-refractivity contribution < 1.29 is 9.53 Å². The zero-order valence-electron chi connectivity index (χ0n) is 16.5. The molecule has 0 aliphatic rings. The molecule has 1 heterocycles. The Labute approximate surface area is 183 Å². The number of amides is 1. The number of nitrogen functional groups attached to an aromatic ring is 1. The Hall–Kier alpha value is -3.04. The van der Waals surface area contributed by atoms with E-state index >= 15 is 0 Å². The number of hydrogen-bond donors (Lipinski definition) is 3. The van der Waals surface area contributed by atoms with Gasteiger partial charge in [-0.25, -0.2) is 0 Å². The van der Waals surface area contributed by atoms with Gasteiger partial charge < -0.3 is 21.1 Å². The molecule has 8 nitrogen and oxygen atoms in total. The first-order chi connectivity index (χ1) is 14.4. The van der Waals surface area contributed by atoms with E-state index in [0.29, 0.717) is 34.0 Å². The van der Waals surface area contributed by atoms with Crippen LogP contribution in [-0.2, 0) is 10.5 Å². The van der Waals surface area contributed by atoms with Crippen LogP contribution in [0.2, 0.25) is 5.02 Å². The molecule has 0 atom stereocenters. The Balaban J connectivity index is 1.58. The number of anilines is 4. The molecule has 0 fully saturated rings. The second-order valence-electron chi connectivity index (χ2n) is 6.26. The zero-order valence-corrected chi connectivity index (χ0v) is 18.0. The number of aromatic nitrogens is 3. The second-order valence-corrected chi connectivity index (χ2v) is 7.68. The maximum atomic E-state index is 12.3. The average Bonchev–Trinajstić information content (AvgIpc) is 2.69. The summed E-state index contributed by atoms with van der Waals surface area (Å²) in [6.07, 6.45) is 0. The molecule has 3 aromatic rings. The largest absolute Gasteiger partial charge is 0.495 e. The van der Waals surface area contributed by atoms with Crippen LogP contribution in [0.5, 0.6) is 5.75 Å². The molecule has 1 aromatic heterocycles. The van der Waals surface area contributed by atoms with Gasteiger partial charge in [0.15, 0.2) is 0 Å². The summed E-state index contributed by atoms with van der Waals surface area (Å²) in [7, 11) is 1.53. The highest BCUT2D eigenvalue weighted by Gasteiger charge is 2.11. The van der Waals surface area contributed by atoms with E-state index in [4.69, 9.17) is 22.1 Å². The number of rotatable bonds is 8. The van der Waals surface area contributed by atoms with Crippen LogP contribution in [-0.4, -0.2) is 33.7 Å². The van der Waals surface area contributed by atoms with Gasteiger partial charge in [-0.2, -0.15) is 15.0 Å². The third kappa shape index (κ3) is 5.98. The smallest absolute Gasteiger partial charge is 0.234 e. The molecule has 30 heavy (non-hydrogen) atoms. The first-order valence-electron chi connectivity index (χ1n) is 8.99. The number of carbonyl (C=O) groups excluding carboxylic acids is 1. The summed E-state index contributed by atoms with van der Waals surface area (Å²) < 4.78 is 5.23. The molecular weight excluding hydrogens is 424 g/mol. The minimum absolute atomic E-state index is 0.116. The summed E-state index contributed by atoms with van der Waals surface area (Å²) in [5.41, 5.74) is 8.27. The van der Waals surface area contributed by atoms with Crippen molar-refractivity contribution in [1.29, 1.82) is 0 Å². The number of ether oxygens (including phenoxy) is 1. The predicted molar refractivity (Wildman–Crippen MR) is 121 cm³/mol. The number of carbonyl (C=O) groups is 1. The van der Waals surface area contributed by atoms with E-state index in [-0.39, 0.29) is 17.6 Å². The second kappa shape index (κ2) is 10.1. The number of para-hydroxylation sites is 1. The SMILES string of the molecule is COc1ccc(Cl)cc1NC(=O)CSCc1nc(N)nc(Nc2ccccc2C)n1. The summed E-state index contributed by atoms with van der Waals surface area (Å²) in [5.74, 6) is 1.90. The molecule has 0 unspecified atom stereocenters. The Morgan fingerprint density at radius 3 is 2.73 bits per heavy atom. The number of nitrogens with one attached hydrogen (secondary N) is 2. The summed E-state index contributed by atoms with van der Waals surface area (Å²) in [5, 5.41) is 6.44. The number of halogens is 1. The molecule has 0 bridgehead atoms. The summed E-state index contributed by atoms with van der Waals surface area (Å²) >= 11 is 7.34. The first kappa shape index (κ1) is 21.7. The average molecular weight is 445 g/mol. The van der Waals surface area contributed by atoms with Crippen LogP contribution < -0.4 is 21.1 Å². The van der Waals surface area contributed by atoms with Gasteiger partial charge in [0, 0.05) is 10.7 Å². The maximum absolute atomic E-state index is 12.3. The van der Waals surface area contributed by atoms with E-state index < -0.39 is 0 Å². The maximum Gasteiger partial charge on any atom is 0.234 e. The van der Waals surface area contributed by atoms with Crippen molar-refractivity contribution in [3.63, 3.8) is 0 Å². The van der Waals surface area contributed by atoms with Crippen molar-refractivity contribution in [1.82, 2.24) is 15.0 Å². The molecule has 0 spiro atoms. The Morgan fingerprint density at radius 2 is 1.97 bits per heavy atom. The van der Waals surface area contributed by atoms with Gasteiger partial charge in [0.1, 0.15) is 11.6 Å². The molecule has 10 heteroatoms. The number of aryl methyl sites for hydroxylation is 1. The minimum atomic E-state index is -0.194. The Bertz CT molecular complexity index is 1050.